The van der Waals surface area contributed by atoms with Gasteiger partial charge < -0.3 is 15.4 Å². The van der Waals surface area contributed by atoms with E-state index in [2.05, 4.69) is 15.5 Å². The molecule has 0 radical (unpaired) electrons. The van der Waals surface area contributed by atoms with Crippen LogP contribution in [0.2, 0.25) is 0 Å². The third-order valence-electron chi connectivity index (χ3n) is 4.86. The van der Waals surface area contributed by atoms with Crippen LogP contribution in [0.4, 0.5) is 17.1 Å². The zero-order valence-electron chi connectivity index (χ0n) is 16.2. The number of benzene rings is 2. The van der Waals surface area contributed by atoms with Crippen molar-refractivity contribution >= 4 is 28.8 Å². The fourth-order valence-electron chi connectivity index (χ4n) is 3.21. The molecule has 1 fully saturated rings. The molecule has 1 atom stereocenters. The lowest BCUT2D eigenvalue weighted by atomic mass is 9.99. The van der Waals surface area contributed by atoms with Gasteiger partial charge in [-0.25, -0.2) is 0 Å². The number of rotatable bonds is 8. The monoisotopic (exact) mass is 381 g/mol. The highest BCUT2D eigenvalue weighted by molar-refractivity contribution is 6.06. The second kappa shape index (κ2) is 10.0. The Labute approximate surface area is 165 Å². The fraction of sp³-hybridized carbons (Fsp3) is 0.364. The summed E-state index contributed by atoms with van der Waals surface area (Å²) in [5.74, 6) is -0.984. The standard InChI is InChI=1S/C22H27N3O3/c1-17(26)21(11-12-25-13-15-28-16-14-25)22(27)24-20-9-7-19(8-10-20)23-18-5-3-2-4-6-18/h2-10,21,23H,11-16H2,1H3,(H,24,27). The molecule has 1 amide bonds. The van der Waals surface area contributed by atoms with E-state index in [-0.39, 0.29) is 11.7 Å². The second-order valence-corrected chi connectivity index (χ2v) is 6.96. The molecule has 0 spiro atoms. The van der Waals surface area contributed by atoms with Gasteiger partial charge >= 0.3 is 0 Å². The van der Waals surface area contributed by atoms with Gasteiger partial charge in [-0.3, -0.25) is 14.5 Å². The van der Waals surface area contributed by atoms with E-state index in [0.717, 1.165) is 31.0 Å². The first-order chi connectivity index (χ1) is 13.6. The van der Waals surface area contributed by atoms with Crippen LogP contribution >= 0.6 is 0 Å². The molecular formula is C22H27N3O3. The number of ketones is 1. The summed E-state index contributed by atoms with van der Waals surface area (Å²) in [6.07, 6.45) is 0.523. The van der Waals surface area contributed by atoms with Gasteiger partial charge in [0, 0.05) is 30.2 Å². The average Bonchev–Trinajstić information content (AvgIpc) is 2.71. The first-order valence-corrected chi connectivity index (χ1v) is 9.65. The first-order valence-electron chi connectivity index (χ1n) is 9.65. The van der Waals surface area contributed by atoms with Crippen molar-refractivity contribution in [2.24, 2.45) is 5.92 Å². The summed E-state index contributed by atoms with van der Waals surface area (Å²) in [4.78, 5) is 26.8. The Morgan fingerprint density at radius 1 is 0.964 bits per heavy atom. The molecule has 2 N–H and O–H groups in total. The molecule has 2 aromatic carbocycles. The van der Waals surface area contributed by atoms with E-state index in [1.54, 1.807) is 0 Å². The van der Waals surface area contributed by atoms with Crippen LogP contribution in [0.3, 0.4) is 0 Å². The minimum Gasteiger partial charge on any atom is -0.379 e. The van der Waals surface area contributed by atoms with Crippen molar-refractivity contribution in [1.82, 2.24) is 4.90 Å². The number of morpholine rings is 1. The fourth-order valence-corrected chi connectivity index (χ4v) is 3.21. The SMILES string of the molecule is CC(=O)C(CCN1CCOCC1)C(=O)Nc1ccc(Nc2ccccc2)cc1. The van der Waals surface area contributed by atoms with E-state index in [1.807, 2.05) is 54.6 Å². The minimum absolute atomic E-state index is 0.104. The third kappa shape index (κ3) is 5.90. The van der Waals surface area contributed by atoms with Crippen LogP contribution in [0.5, 0.6) is 0 Å². The maximum atomic E-state index is 12.6. The van der Waals surface area contributed by atoms with Gasteiger partial charge in [-0.1, -0.05) is 18.2 Å². The quantitative estimate of drug-likeness (QED) is 0.687. The molecule has 6 heteroatoms. The highest BCUT2D eigenvalue weighted by atomic mass is 16.5. The van der Waals surface area contributed by atoms with Gasteiger partial charge in [0.05, 0.1) is 19.1 Å². The summed E-state index contributed by atoms with van der Waals surface area (Å²) in [7, 11) is 0. The van der Waals surface area contributed by atoms with E-state index < -0.39 is 5.92 Å². The van der Waals surface area contributed by atoms with Crippen LogP contribution in [0.15, 0.2) is 54.6 Å². The minimum atomic E-state index is -0.634. The summed E-state index contributed by atoms with van der Waals surface area (Å²) in [5, 5.41) is 6.17. The molecule has 6 nitrogen and oxygen atoms in total. The van der Waals surface area contributed by atoms with E-state index in [9.17, 15) is 9.59 Å². The highest BCUT2D eigenvalue weighted by Gasteiger charge is 2.24. The smallest absolute Gasteiger partial charge is 0.234 e. The van der Waals surface area contributed by atoms with Crippen molar-refractivity contribution in [2.75, 3.05) is 43.5 Å². The van der Waals surface area contributed by atoms with Gasteiger partial charge in [-0.2, -0.15) is 0 Å². The van der Waals surface area contributed by atoms with E-state index in [0.29, 0.717) is 25.3 Å². The molecule has 1 heterocycles. The maximum absolute atomic E-state index is 12.6. The first kappa shape index (κ1) is 20.0. The maximum Gasteiger partial charge on any atom is 0.234 e. The number of anilines is 3. The Kier molecular flexibility index (Phi) is 7.17. The van der Waals surface area contributed by atoms with Crippen LogP contribution in [-0.4, -0.2) is 49.4 Å². The number of carbonyl (C=O) groups is 2. The number of amides is 1. The van der Waals surface area contributed by atoms with Gasteiger partial charge in [0.25, 0.3) is 0 Å². The van der Waals surface area contributed by atoms with Crippen LogP contribution in [0, 0.1) is 5.92 Å². The third-order valence-corrected chi connectivity index (χ3v) is 4.86. The van der Waals surface area contributed by atoms with Gasteiger partial charge in [0.15, 0.2) is 0 Å². The largest absolute Gasteiger partial charge is 0.379 e. The Morgan fingerprint density at radius 2 is 1.57 bits per heavy atom. The summed E-state index contributed by atoms with van der Waals surface area (Å²) < 4.78 is 5.33. The topological polar surface area (TPSA) is 70.7 Å². The Balaban J connectivity index is 1.54. The van der Waals surface area contributed by atoms with Crippen LogP contribution in [0.1, 0.15) is 13.3 Å². The molecule has 1 aliphatic heterocycles. The normalized spacial score (nSPS) is 15.6. The Morgan fingerprint density at radius 3 is 2.21 bits per heavy atom. The second-order valence-electron chi connectivity index (χ2n) is 6.96. The van der Waals surface area contributed by atoms with E-state index in [4.69, 9.17) is 4.74 Å². The lowest BCUT2D eigenvalue weighted by Crippen LogP contribution is -2.39. The highest BCUT2D eigenvalue weighted by Crippen LogP contribution is 2.19. The predicted octanol–water partition coefficient (Wildman–Crippen LogP) is 3.30. The zero-order chi connectivity index (χ0) is 19.8. The van der Waals surface area contributed by atoms with E-state index >= 15 is 0 Å². The number of hydrogen-bond donors (Lipinski definition) is 2. The van der Waals surface area contributed by atoms with Crippen molar-refractivity contribution in [2.45, 2.75) is 13.3 Å². The van der Waals surface area contributed by atoms with Crippen LogP contribution < -0.4 is 10.6 Å². The molecular weight excluding hydrogens is 354 g/mol. The van der Waals surface area contributed by atoms with Crippen molar-refractivity contribution < 1.29 is 14.3 Å². The molecule has 1 unspecified atom stereocenters. The molecule has 0 bridgehead atoms. The number of para-hydroxylation sites is 1. The molecule has 0 aliphatic carbocycles. The molecule has 2 aromatic rings. The molecule has 3 rings (SSSR count). The number of hydrogen-bond acceptors (Lipinski definition) is 5. The average molecular weight is 381 g/mol. The molecule has 0 aromatic heterocycles. The number of nitrogens with zero attached hydrogens (tertiary/aromatic N) is 1. The van der Waals surface area contributed by atoms with Gasteiger partial charge in [-0.05, 0) is 56.3 Å². The van der Waals surface area contributed by atoms with Gasteiger partial charge in [-0.15, -0.1) is 0 Å². The van der Waals surface area contributed by atoms with Crippen molar-refractivity contribution in [3.05, 3.63) is 54.6 Å². The Hall–Kier alpha value is -2.70. The van der Waals surface area contributed by atoms with Crippen molar-refractivity contribution in [1.29, 1.82) is 0 Å². The van der Waals surface area contributed by atoms with Crippen molar-refractivity contribution in [3.63, 3.8) is 0 Å². The zero-order valence-corrected chi connectivity index (χ0v) is 16.2. The van der Waals surface area contributed by atoms with Crippen LogP contribution in [0.25, 0.3) is 0 Å². The van der Waals surface area contributed by atoms with Gasteiger partial charge in [0.2, 0.25) is 5.91 Å². The molecule has 148 valence electrons. The molecule has 1 aliphatic rings. The summed E-state index contributed by atoms with van der Waals surface area (Å²) >= 11 is 0. The number of nitrogens with one attached hydrogen (secondary N) is 2. The van der Waals surface area contributed by atoms with Crippen molar-refractivity contribution in [3.8, 4) is 0 Å². The predicted molar refractivity (Wildman–Crippen MR) is 111 cm³/mol. The lowest BCUT2D eigenvalue weighted by molar-refractivity contribution is -0.130. The van der Waals surface area contributed by atoms with E-state index in [1.165, 1.54) is 6.92 Å². The number of ether oxygens (including phenoxy) is 1. The number of carbonyl (C=O) groups excluding carboxylic acids is 2. The summed E-state index contributed by atoms with van der Waals surface area (Å²) in [6, 6.07) is 17.4. The lowest BCUT2D eigenvalue weighted by Gasteiger charge is -2.27. The number of Topliss-reactive ketones (excluding diaryl/α,β-unsaturated/α-hetero) is 1. The van der Waals surface area contributed by atoms with Gasteiger partial charge in [0.1, 0.15) is 5.78 Å². The molecule has 28 heavy (non-hydrogen) atoms. The summed E-state index contributed by atoms with van der Waals surface area (Å²) in [6.45, 7) is 5.32. The Bertz CT molecular complexity index is 771. The molecule has 0 saturated carbocycles. The molecule has 1 saturated heterocycles. The van der Waals surface area contributed by atoms with Crippen LogP contribution in [-0.2, 0) is 14.3 Å². The summed E-state index contributed by atoms with van der Waals surface area (Å²) in [5.41, 5.74) is 2.61.